The van der Waals surface area contributed by atoms with Crippen molar-refractivity contribution in [3.05, 3.63) is 0 Å². The lowest BCUT2D eigenvalue weighted by atomic mass is 9.93. The number of likely N-dealkylation sites (tertiary alicyclic amines) is 1. The molecule has 0 aliphatic carbocycles. The molecular formula is C13H27N. The van der Waals surface area contributed by atoms with Gasteiger partial charge in [-0.25, -0.2) is 0 Å². The third kappa shape index (κ3) is 4.00. The van der Waals surface area contributed by atoms with Crippen molar-refractivity contribution < 1.29 is 0 Å². The van der Waals surface area contributed by atoms with Crippen molar-refractivity contribution in [3.8, 4) is 0 Å². The summed E-state index contributed by atoms with van der Waals surface area (Å²) >= 11 is 0. The topological polar surface area (TPSA) is 3.24 Å². The summed E-state index contributed by atoms with van der Waals surface area (Å²) in [4.78, 5) is 2.68. The third-order valence-electron chi connectivity index (χ3n) is 3.73. The van der Waals surface area contributed by atoms with E-state index >= 15 is 0 Å². The summed E-state index contributed by atoms with van der Waals surface area (Å²) in [6.45, 7) is 11.1. The molecule has 0 radical (unpaired) electrons. The molecule has 0 amide bonds. The first-order valence-electron chi connectivity index (χ1n) is 6.46. The maximum absolute atomic E-state index is 2.68. The molecule has 1 aliphatic rings. The van der Waals surface area contributed by atoms with E-state index in [0.29, 0.717) is 0 Å². The molecule has 1 rings (SSSR count). The summed E-state index contributed by atoms with van der Waals surface area (Å²) in [6.07, 6.45) is 7.00. The van der Waals surface area contributed by atoms with E-state index in [-0.39, 0.29) is 0 Å². The van der Waals surface area contributed by atoms with Gasteiger partial charge in [0.2, 0.25) is 0 Å². The van der Waals surface area contributed by atoms with Crippen molar-refractivity contribution in [2.24, 2.45) is 11.8 Å². The lowest BCUT2D eigenvalue weighted by molar-refractivity contribution is 0.236. The molecule has 0 aromatic heterocycles. The van der Waals surface area contributed by atoms with Crippen LogP contribution in [-0.4, -0.2) is 24.5 Å². The molecule has 84 valence electrons. The molecule has 0 spiro atoms. The minimum atomic E-state index is 0.902. The molecule has 1 saturated heterocycles. The lowest BCUT2D eigenvalue weighted by Gasteiger charge is -2.23. The summed E-state index contributed by atoms with van der Waals surface area (Å²) in [5.74, 6) is 1.84. The van der Waals surface area contributed by atoms with Crippen LogP contribution in [0.4, 0.5) is 0 Å². The van der Waals surface area contributed by atoms with Gasteiger partial charge in [0.15, 0.2) is 0 Å². The molecule has 2 atom stereocenters. The minimum absolute atomic E-state index is 0.902. The minimum Gasteiger partial charge on any atom is -0.303 e. The molecule has 0 aromatic rings. The van der Waals surface area contributed by atoms with Crippen molar-refractivity contribution in [1.29, 1.82) is 0 Å². The Morgan fingerprint density at radius 3 is 2.64 bits per heavy atom. The summed E-state index contributed by atoms with van der Waals surface area (Å²) in [6, 6.07) is 0. The van der Waals surface area contributed by atoms with Gasteiger partial charge >= 0.3 is 0 Å². The fourth-order valence-corrected chi connectivity index (χ4v) is 2.39. The van der Waals surface area contributed by atoms with E-state index in [1.165, 1.54) is 51.7 Å². The van der Waals surface area contributed by atoms with Crippen molar-refractivity contribution in [3.63, 3.8) is 0 Å². The van der Waals surface area contributed by atoms with Crippen molar-refractivity contribution in [2.45, 2.75) is 52.9 Å². The smallest absolute Gasteiger partial charge is 0.000956 e. The first kappa shape index (κ1) is 12.0. The molecule has 1 heterocycles. The van der Waals surface area contributed by atoms with Gasteiger partial charge in [0, 0.05) is 6.54 Å². The zero-order valence-electron chi connectivity index (χ0n) is 10.3. The van der Waals surface area contributed by atoms with Crippen molar-refractivity contribution >= 4 is 0 Å². The maximum Gasteiger partial charge on any atom is 0.000956 e. The summed E-state index contributed by atoms with van der Waals surface area (Å²) < 4.78 is 0. The van der Waals surface area contributed by atoms with Crippen LogP contribution >= 0.6 is 0 Å². The standard InChI is InChI=1S/C13H27N/c1-4-5-6-9-14-10-7-8-12(2)13(3)11-14/h12-13H,4-11H2,1-3H3. The fourth-order valence-electron chi connectivity index (χ4n) is 2.39. The summed E-state index contributed by atoms with van der Waals surface area (Å²) in [7, 11) is 0. The van der Waals surface area contributed by atoms with Crippen LogP contribution in [0.5, 0.6) is 0 Å². The lowest BCUT2D eigenvalue weighted by Crippen LogP contribution is -2.29. The molecule has 0 aromatic carbocycles. The van der Waals surface area contributed by atoms with Gasteiger partial charge in [-0.3, -0.25) is 0 Å². The SMILES string of the molecule is CCCCCN1CCCC(C)C(C)C1. The predicted octanol–water partition coefficient (Wildman–Crippen LogP) is 3.54. The van der Waals surface area contributed by atoms with Crippen LogP contribution in [0.3, 0.4) is 0 Å². The van der Waals surface area contributed by atoms with E-state index in [2.05, 4.69) is 25.7 Å². The fraction of sp³-hybridized carbons (Fsp3) is 1.00. The highest BCUT2D eigenvalue weighted by atomic mass is 15.1. The van der Waals surface area contributed by atoms with Gasteiger partial charge < -0.3 is 4.90 Å². The zero-order valence-corrected chi connectivity index (χ0v) is 10.3. The quantitative estimate of drug-likeness (QED) is 0.623. The van der Waals surface area contributed by atoms with E-state index < -0.39 is 0 Å². The molecule has 14 heavy (non-hydrogen) atoms. The van der Waals surface area contributed by atoms with Crippen molar-refractivity contribution in [2.75, 3.05) is 19.6 Å². The third-order valence-corrected chi connectivity index (χ3v) is 3.73. The Morgan fingerprint density at radius 1 is 1.14 bits per heavy atom. The number of nitrogens with zero attached hydrogens (tertiary/aromatic N) is 1. The van der Waals surface area contributed by atoms with Crippen LogP contribution in [0.1, 0.15) is 52.9 Å². The molecular weight excluding hydrogens is 170 g/mol. The average molecular weight is 197 g/mol. The van der Waals surface area contributed by atoms with Crippen LogP contribution in [0.15, 0.2) is 0 Å². The Labute approximate surface area is 89.9 Å². The van der Waals surface area contributed by atoms with Gasteiger partial charge in [-0.05, 0) is 44.2 Å². The summed E-state index contributed by atoms with van der Waals surface area (Å²) in [5, 5.41) is 0. The van der Waals surface area contributed by atoms with Crippen LogP contribution in [-0.2, 0) is 0 Å². The number of hydrogen-bond acceptors (Lipinski definition) is 1. The Morgan fingerprint density at radius 2 is 1.93 bits per heavy atom. The van der Waals surface area contributed by atoms with Gasteiger partial charge in [0.05, 0.1) is 0 Å². The number of rotatable bonds is 4. The van der Waals surface area contributed by atoms with E-state index in [9.17, 15) is 0 Å². The summed E-state index contributed by atoms with van der Waals surface area (Å²) in [5.41, 5.74) is 0. The molecule has 1 nitrogen and oxygen atoms in total. The first-order valence-corrected chi connectivity index (χ1v) is 6.46. The Bertz CT molecular complexity index is 144. The molecule has 1 fully saturated rings. The second kappa shape index (κ2) is 6.44. The van der Waals surface area contributed by atoms with Gasteiger partial charge in [-0.2, -0.15) is 0 Å². The average Bonchev–Trinajstić information content (AvgIpc) is 2.31. The van der Waals surface area contributed by atoms with Crippen LogP contribution in [0.2, 0.25) is 0 Å². The predicted molar refractivity (Wildman–Crippen MR) is 63.5 cm³/mol. The molecule has 1 aliphatic heterocycles. The van der Waals surface area contributed by atoms with Crippen molar-refractivity contribution in [1.82, 2.24) is 4.90 Å². The first-order chi connectivity index (χ1) is 6.74. The second-order valence-electron chi connectivity index (χ2n) is 5.10. The van der Waals surface area contributed by atoms with E-state index in [0.717, 1.165) is 11.8 Å². The number of unbranched alkanes of at least 4 members (excludes halogenated alkanes) is 2. The molecule has 1 heteroatoms. The monoisotopic (exact) mass is 197 g/mol. The highest BCUT2D eigenvalue weighted by molar-refractivity contribution is 4.72. The molecule has 0 saturated carbocycles. The highest BCUT2D eigenvalue weighted by Gasteiger charge is 2.19. The Balaban J connectivity index is 2.24. The maximum atomic E-state index is 2.68. The van der Waals surface area contributed by atoms with E-state index in [4.69, 9.17) is 0 Å². The molecule has 2 unspecified atom stereocenters. The number of hydrogen-bond donors (Lipinski definition) is 0. The Kier molecular flexibility index (Phi) is 5.54. The van der Waals surface area contributed by atoms with Gasteiger partial charge in [-0.15, -0.1) is 0 Å². The zero-order chi connectivity index (χ0) is 10.4. The molecule has 0 N–H and O–H groups in total. The van der Waals surface area contributed by atoms with E-state index in [1.54, 1.807) is 0 Å². The van der Waals surface area contributed by atoms with Crippen LogP contribution in [0.25, 0.3) is 0 Å². The van der Waals surface area contributed by atoms with Gasteiger partial charge in [0.25, 0.3) is 0 Å². The van der Waals surface area contributed by atoms with Crippen LogP contribution < -0.4 is 0 Å². The largest absolute Gasteiger partial charge is 0.303 e. The second-order valence-corrected chi connectivity index (χ2v) is 5.10. The Hall–Kier alpha value is -0.0400. The van der Waals surface area contributed by atoms with E-state index in [1.807, 2.05) is 0 Å². The molecule has 0 bridgehead atoms. The normalized spacial score (nSPS) is 30.2. The van der Waals surface area contributed by atoms with Gasteiger partial charge in [0.1, 0.15) is 0 Å². The van der Waals surface area contributed by atoms with Crippen LogP contribution in [0, 0.1) is 11.8 Å². The highest BCUT2D eigenvalue weighted by Crippen LogP contribution is 2.22. The van der Waals surface area contributed by atoms with Gasteiger partial charge in [-0.1, -0.05) is 33.6 Å².